The van der Waals surface area contributed by atoms with Crippen molar-refractivity contribution in [2.45, 2.75) is 19.9 Å². The molecule has 0 bridgehead atoms. The second-order valence-electron chi connectivity index (χ2n) is 4.72. The molecule has 2 N–H and O–H groups in total. The molecule has 1 aromatic heterocycles. The Morgan fingerprint density at radius 1 is 1.48 bits per heavy atom. The van der Waals surface area contributed by atoms with Crippen molar-refractivity contribution in [2.75, 3.05) is 5.32 Å². The van der Waals surface area contributed by atoms with Gasteiger partial charge in [0.15, 0.2) is 0 Å². The molecule has 8 nitrogen and oxygen atoms in total. The van der Waals surface area contributed by atoms with Gasteiger partial charge in [-0.1, -0.05) is 0 Å². The van der Waals surface area contributed by atoms with Gasteiger partial charge in [-0.2, -0.15) is 5.10 Å². The van der Waals surface area contributed by atoms with E-state index in [9.17, 15) is 14.9 Å². The number of nitrogens with one attached hydrogen (secondary N) is 1. The third-order valence-corrected chi connectivity index (χ3v) is 2.85. The molecule has 1 heterocycles. The quantitative estimate of drug-likeness (QED) is 0.647. The zero-order valence-electron chi connectivity index (χ0n) is 11.5. The summed E-state index contributed by atoms with van der Waals surface area (Å²) in [5.74, 6) is -1.16. The van der Waals surface area contributed by atoms with Crippen LogP contribution in [0.4, 0.5) is 17.1 Å². The van der Waals surface area contributed by atoms with Crippen molar-refractivity contribution in [1.29, 1.82) is 0 Å². The van der Waals surface area contributed by atoms with Crippen molar-refractivity contribution in [3.63, 3.8) is 0 Å². The van der Waals surface area contributed by atoms with Crippen LogP contribution in [-0.2, 0) is 0 Å². The molecular weight excluding hydrogens is 276 g/mol. The number of non-ortho nitro benzene ring substituents is 1. The standard InChI is InChI=1S/C13H14N4O4/c1-8(2)16-7-9(6-14-16)15-12-5-10(17(20)21)3-4-11(12)13(18)19/h3-8,15H,1-2H3,(H,18,19). The van der Waals surface area contributed by atoms with Crippen molar-refractivity contribution in [3.8, 4) is 0 Å². The van der Waals surface area contributed by atoms with Crippen LogP contribution >= 0.6 is 0 Å². The van der Waals surface area contributed by atoms with Crippen LogP contribution in [0.2, 0.25) is 0 Å². The molecule has 0 aliphatic carbocycles. The molecule has 21 heavy (non-hydrogen) atoms. The second kappa shape index (κ2) is 5.61. The molecule has 0 saturated heterocycles. The van der Waals surface area contributed by atoms with Gasteiger partial charge in [0, 0.05) is 24.4 Å². The molecule has 8 heteroatoms. The molecule has 0 saturated carbocycles. The summed E-state index contributed by atoms with van der Waals surface area (Å²) in [6.45, 7) is 3.90. The van der Waals surface area contributed by atoms with Crippen LogP contribution in [0.3, 0.4) is 0 Å². The number of benzene rings is 1. The van der Waals surface area contributed by atoms with E-state index < -0.39 is 10.9 Å². The Kier molecular flexibility index (Phi) is 3.88. The molecule has 0 atom stereocenters. The minimum atomic E-state index is -1.16. The van der Waals surface area contributed by atoms with E-state index in [4.69, 9.17) is 5.11 Å². The van der Waals surface area contributed by atoms with Gasteiger partial charge < -0.3 is 10.4 Å². The maximum absolute atomic E-state index is 11.2. The fourth-order valence-electron chi connectivity index (χ4n) is 1.78. The van der Waals surface area contributed by atoms with Gasteiger partial charge in [0.25, 0.3) is 5.69 Å². The normalized spacial score (nSPS) is 10.6. The number of carboxylic acids is 1. The third-order valence-electron chi connectivity index (χ3n) is 2.85. The van der Waals surface area contributed by atoms with E-state index in [0.29, 0.717) is 5.69 Å². The predicted octanol–water partition coefficient (Wildman–Crippen LogP) is 2.81. The molecule has 0 fully saturated rings. The number of aromatic carboxylic acids is 1. The molecule has 0 amide bonds. The topological polar surface area (TPSA) is 110 Å². The highest BCUT2D eigenvalue weighted by atomic mass is 16.6. The van der Waals surface area contributed by atoms with Crippen LogP contribution in [0.5, 0.6) is 0 Å². The Hall–Kier alpha value is -2.90. The van der Waals surface area contributed by atoms with Gasteiger partial charge in [0.05, 0.1) is 28.1 Å². The summed E-state index contributed by atoms with van der Waals surface area (Å²) >= 11 is 0. The molecule has 1 aromatic carbocycles. The van der Waals surface area contributed by atoms with Gasteiger partial charge in [0.1, 0.15) is 0 Å². The van der Waals surface area contributed by atoms with E-state index in [1.165, 1.54) is 18.3 Å². The molecule has 2 aromatic rings. The minimum Gasteiger partial charge on any atom is -0.478 e. The number of anilines is 2. The lowest BCUT2D eigenvalue weighted by atomic mass is 10.1. The number of hydrogen-bond acceptors (Lipinski definition) is 5. The van der Waals surface area contributed by atoms with E-state index in [0.717, 1.165) is 6.07 Å². The van der Waals surface area contributed by atoms with E-state index in [-0.39, 0.29) is 23.0 Å². The fourth-order valence-corrected chi connectivity index (χ4v) is 1.78. The molecule has 0 radical (unpaired) electrons. The first-order valence-corrected chi connectivity index (χ1v) is 6.21. The molecule has 0 aliphatic heterocycles. The Balaban J connectivity index is 2.38. The van der Waals surface area contributed by atoms with E-state index in [2.05, 4.69) is 10.4 Å². The summed E-state index contributed by atoms with van der Waals surface area (Å²) in [6, 6.07) is 3.71. The van der Waals surface area contributed by atoms with Crippen LogP contribution in [-0.4, -0.2) is 25.8 Å². The van der Waals surface area contributed by atoms with Gasteiger partial charge in [-0.15, -0.1) is 0 Å². The number of nitro benzene ring substituents is 1. The minimum absolute atomic E-state index is 0.0436. The zero-order chi connectivity index (χ0) is 15.6. The molecule has 2 rings (SSSR count). The van der Waals surface area contributed by atoms with Crippen LogP contribution in [0.1, 0.15) is 30.2 Å². The maximum Gasteiger partial charge on any atom is 0.337 e. The maximum atomic E-state index is 11.2. The number of aromatic nitrogens is 2. The lowest BCUT2D eigenvalue weighted by Crippen LogP contribution is -2.03. The first-order chi connectivity index (χ1) is 9.88. The Morgan fingerprint density at radius 2 is 2.19 bits per heavy atom. The molecule has 0 aliphatic rings. The van der Waals surface area contributed by atoms with Crippen molar-refractivity contribution in [3.05, 3.63) is 46.3 Å². The monoisotopic (exact) mass is 290 g/mol. The summed E-state index contributed by atoms with van der Waals surface area (Å²) in [5, 5.41) is 26.9. The van der Waals surface area contributed by atoms with Gasteiger partial charge in [0.2, 0.25) is 0 Å². The Bertz CT molecular complexity index is 693. The summed E-state index contributed by atoms with van der Waals surface area (Å²) in [5.41, 5.74) is 0.489. The largest absolute Gasteiger partial charge is 0.478 e. The Labute approximate surface area is 120 Å². The fraction of sp³-hybridized carbons (Fsp3) is 0.231. The van der Waals surface area contributed by atoms with Crippen LogP contribution in [0.25, 0.3) is 0 Å². The number of carbonyl (C=O) groups is 1. The summed E-state index contributed by atoms with van der Waals surface area (Å²) in [6.07, 6.45) is 3.24. The highest BCUT2D eigenvalue weighted by molar-refractivity contribution is 5.95. The number of nitrogens with zero attached hydrogens (tertiary/aromatic N) is 3. The number of rotatable bonds is 5. The number of hydrogen-bond donors (Lipinski definition) is 2. The lowest BCUT2D eigenvalue weighted by Gasteiger charge is -2.08. The average Bonchev–Trinajstić information content (AvgIpc) is 2.87. The predicted molar refractivity (Wildman–Crippen MR) is 76.0 cm³/mol. The lowest BCUT2D eigenvalue weighted by molar-refractivity contribution is -0.384. The average molecular weight is 290 g/mol. The van der Waals surface area contributed by atoms with Crippen molar-refractivity contribution in [2.24, 2.45) is 0 Å². The van der Waals surface area contributed by atoms with Crippen LogP contribution < -0.4 is 5.32 Å². The van der Waals surface area contributed by atoms with Gasteiger partial charge in [-0.25, -0.2) is 4.79 Å². The van der Waals surface area contributed by atoms with Crippen LogP contribution in [0.15, 0.2) is 30.6 Å². The van der Waals surface area contributed by atoms with Crippen molar-refractivity contribution >= 4 is 23.0 Å². The molecule has 110 valence electrons. The SMILES string of the molecule is CC(C)n1cc(Nc2cc([N+](=O)[O-])ccc2C(=O)O)cn1. The first-order valence-electron chi connectivity index (χ1n) is 6.21. The van der Waals surface area contributed by atoms with E-state index in [1.54, 1.807) is 10.9 Å². The van der Waals surface area contributed by atoms with Crippen molar-refractivity contribution < 1.29 is 14.8 Å². The van der Waals surface area contributed by atoms with E-state index in [1.807, 2.05) is 13.8 Å². The summed E-state index contributed by atoms with van der Waals surface area (Å²) in [4.78, 5) is 21.4. The van der Waals surface area contributed by atoms with Gasteiger partial charge >= 0.3 is 5.97 Å². The Morgan fingerprint density at radius 3 is 2.71 bits per heavy atom. The highest BCUT2D eigenvalue weighted by Gasteiger charge is 2.16. The molecular formula is C13H14N4O4. The summed E-state index contributed by atoms with van der Waals surface area (Å²) < 4.78 is 1.69. The smallest absolute Gasteiger partial charge is 0.337 e. The third kappa shape index (κ3) is 3.16. The second-order valence-corrected chi connectivity index (χ2v) is 4.72. The first kappa shape index (κ1) is 14.5. The molecule has 0 spiro atoms. The van der Waals surface area contributed by atoms with Crippen molar-refractivity contribution in [1.82, 2.24) is 9.78 Å². The van der Waals surface area contributed by atoms with Gasteiger partial charge in [-0.3, -0.25) is 14.8 Å². The number of carboxylic acid groups (broad SMARTS) is 1. The van der Waals surface area contributed by atoms with Gasteiger partial charge in [-0.05, 0) is 19.9 Å². The van der Waals surface area contributed by atoms with E-state index >= 15 is 0 Å². The highest BCUT2D eigenvalue weighted by Crippen LogP contribution is 2.26. The van der Waals surface area contributed by atoms with Crippen LogP contribution in [0, 0.1) is 10.1 Å². The number of nitro groups is 1. The molecule has 0 unspecified atom stereocenters. The zero-order valence-corrected chi connectivity index (χ0v) is 11.5. The summed E-state index contributed by atoms with van der Waals surface area (Å²) in [7, 11) is 0.